The van der Waals surface area contributed by atoms with E-state index in [9.17, 15) is 0 Å². The maximum atomic E-state index is 3.64. The fourth-order valence-corrected chi connectivity index (χ4v) is 4.92. The van der Waals surface area contributed by atoms with E-state index < -0.39 is 0 Å². The van der Waals surface area contributed by atoms with E-state index in [1.165, 1.54) is 57.9 Å². The maximum absolute atomic E-state index is 3.64. The Morgan fingerprint density at radius 2 is 1.90 bits per heavy atom. The fourth-order valence-electron chi connectivity index (χ4n) is 4.92. The molecule has 0 amide bonds. The van der Waals surface area contributed by atoms with Gasteiger partial charge in [0.1, 0.15) is 0 Å². The molecule has 0 radical (unpaired) electrons. The SMILES string of the molecule is CCNCC1CCC(C)(C)CC1C1CCCC(CC)C1. The Hall–Kier alpha value is -0.0400. The summed E-state index contributed by atoms with van der Waals surface area (Å²) in [5, 5.41) is 3.64. The molecule has 1 nitrogen and oxygen atoms in total. The summed E-state index contributed by atoms with van der Waals surface area (Å²) in [4.78, 5) is 0. The van der Waals surface area contributed by atoms with Gasteiger partial charge >= 0.3 is 0 Å². The highest BCUT2D eigenvalue weighted by Gasteiger charge is 2.39. The Balaban J connectivity index is 2.01. The lowest BCUT2D eigenvalue weighted by atomic mass is 9.60. The van der Waals surface area contributed by atoms with E-state index in [-0.39, 0.29) is 0 Å². The summed E-state index contributed by atoms with van der Waals surface area (Å²) in [5.41, 5.74) is 0.590. The minimum Gasteiger partial charge on any atom is -0.317 e. The van der Waals surface area contributed by atoms with Gasteiger partial charge in [-0.3, -0.25) is 0 Å². The lowest BCUT2D eigenvalue weighted by Gasteiger charge is -2.46. The van der Waals surface area contributed by atoms with E-state index in [0.717, 1.165) is 30.2 Å². The van der Waals surface area contributed by atoms with Gasteiger partial charge in [-0.1, -0.05) is 53.4 Å². The Morgan fingerprint density at radius 3 is 2.60 bits per heavy atom. The highest BCUT2D eigenvalue weighted by molar-refractivity contribution is 4.91. The Kier molecular flexibility index (Phi) is 5.95. The molecular weight excluding hydrogens is 242 g/mol. The molecule has 20 heavy (non-hydrogen) atoms. The molecule has 1 N–H and O–H groups in total. The minimum absolute atomic E-state index is 0.590. The molecule has 2 aliphatic rings. The molecule has 2 aliphatic carbocycles. The molecule has 4 unspecified atom stereocenters. The van der Waals surface area contributed by atoms with Crippen LogP contribution in [0, 0.1) is 29.1 Å². The van der Waals surface area contributed by atoms with E-state index in [2.05, 4.69) is 33.0 Å². The van der Waals surface area contributed by atoms with Crippen LogP contribution in [0.15, 0.2) is 0 Å². The van der Waals surface area contributed by atoms with Crippen molar-refractivity contribution in [2.45, 2.75) is 79.1 Å². The number of hydrogen-bond donors (Lipinski definition) is 1. The van der Waals surface area contributed by atoms with Crippen molar-refractivity contribution in [3.63, 3.8) is 0 Å². The molecule has 2 rings (SSSR count). The van der Waals surface area contributed by atoms with Gasteiger partial charge in [0.05, 0.1) is 0 Å². The van der Waals surface area contributed by atoms with Gasteiger partial charge in [0.2, 0.25) is 0 Å². The lowest BCUT2D eigenvalue weighted by molar-refractivity contribution is 0.0464. The number of nitrogens with one attached hydrogen (secondary N) is 1. The summed E-state index contributed by atoms with van der Waals surface area (Å²) in [5.74, 6) is 3.99. The Labute approximate surface area is 127 Å². The fraction of sp³-hybridized carbons (Fsp3) is 1.00. The van der Waals surface area contributed by atoms with E-state index >= 15 is 0 Å². The first kappa shape index (κ1) is 16.3. The van der Waals surface area contributed by atoms with Crippen LogP contribution in [0.2, 0.25) is 0 Å². The molecule has 0 aromatic rings. The van der Waals surface area contributed by atoms with Crippen LogP contribution in [0.3, 0.4) is 0 Å². The van der Waals surface area contributed by atoms with E-state index in [1.807, 2.05) is 0 Å². The third-order valence-electron chi connectivity index (χ3n) is 6.25. The van der Waals surface area contributed by atoms with Crippen LogP contribution in [0.4, 0.5) is 0 Å². The van der Waals surface area contributed by atoms with Crippen molar-refractivity contribution in [2.75, 3.05) is 13.1 Å². The monoisotopic (exact) mass is 279 g/mol. The molecule has 0 saturated heterocycles. The van der Waals surface area contributed by atoms with Crippen LogP contribution in [0.25, 0.3) is 0 Å². The molecule has 2 saturated carbocycles. The third-order valence-corrected chi connectivity index (χ3v) is 6.25. The van der Waals surface area contributed by atoms with Gasteiger partial charge in [0.25, 0.3) is 0 Å². The van der Waals surface area contributed by atoms with Gasteiger partial charge < -0.3 is 5.32 Å². The van der Waals surface area contributed by atoms with Gasteiger partial charge in [-0.05, 0) is 67.9 Å². The van der Waals surface area contributed by atoms with Crippen molar-refractivity contribution in [2.24, 2.45) is 29.1 Å². The van der Waals surface area contributed by atoms with Gasteiger partial charge in [-0.25, -0.2) is 0 Å². The van der Waals surface area contributed by atoms with E-state index in [4.69, 9.17) is 0 Å². The average Bonchev–Trinajstić information content (AvgIpc) is 2.45. The smallest absolute Gasteiger partial charge is 0.00179 e. The largest absolute Gasteiger partial charge is 0.317 e. The summed E-state index contributed by atoms with van der Waals surface area (Å²) < 4.78 is 0. The van der Waals surface area contributed by atoms with Crippen molar-refractivity contribution < 1.29 is 0 Å². The second-order valence-electron chi connectivity index (χ2n) is 8.34. The summed E-state index contributed by atoms with van der Waals surface area (Å²) >= 11 is 0. The Bertz CT molecular complexity index is 283. The van der Waals surface area contributed by atoms with Crippen LogP contribution in [-0.2, 0) is 0 Å². The predicted octanol–water partition coefficient (Wildman–Crippen LogP) is 5.25. The van der Waals surface area contributed by atoms with Crippen molar-refractivity contribution in [1.82, 2.24) is 5.32 Å². The molecular formula is C19H37N. The summed E-state index contributed by atoms with van der Waals surface area (Å²) in [6.07, 6.45) is 11.8. The highest BCUT2D eigenvalue weighted by Crippen LogP contribution is 2.49. The standard InChI is InChI=1S/C19H37N/c1-5-15-8-7-9-16(12-15)18-13-19(3,4)11-10-17(18)14-20-6-2/h15-18,20H,5-14H2,1-4H3. The number of hydrogen-bond acceptors (Lipinski definition) is 1. The number of rotatable bonds is 5. The molecule has 0 heterocycles. The zero-order valence-corrected chi connectivity index (χ0v) is 14.4. The van der Waals surface area contributed by atoms with E-state index in [1.54, 1.807) is 0 Å². The first-order valence-corrected chi connectivity index (χ1v) is 9.26. The molecule has 0 spiro atoms. The topological polar surface area (TPSA) is 12.0 Å². The van der Waals surface area contributed by atoms with E-state index in [0.29, 0.717) is 5.41 Å². The van der Waals surface area contributed by atoms with Gasteiger partial charge in [0, 0.05) is 0 Å². The molecule has 4 atom stereocenters. The molecule has 0 aromatic heterocycles. The third kappa shape index (κ3) is 4.23. The van der Waals surface area contributed by atoms with Crippen LogP contribution < -0.4 is 5.32 Å². The Morgan fingerprint density at radius 1 is 1.10 bits per heavy atom. The molecule has 118 valence electrons. The van der Waals surface area contributed by atoms with Crippen molar-refractivity contribution in [3.8, 4) is 0 Å². The minimum atomic E-state index is 0.590. The summed E-state index contributed by atoms with van der Waals surface area (Å²) in [6.45, 7) is 12.1. The van der Waals surface area contributed by atoms with Crippen LogP contribution >= 0.6 is 0 Å². The lowest BCUT2D eigenvalue weighted by Crippen LogP contribution is -2.40. The zero-order chi connectivity index (χ0) is 14.6. The average molecular weight is 280 g/mol. The van der Waals surface area contributed by atoms with Gasteiger partial charge in [0.15, 0.2) is 0 Å². The maximum Gasteiger partial charge on any atom is -0.00179 e. The summed E-state index contributed by atoms with van der Waals surface area (Å²) in [6, 6.07) is 0. The first-order valence-electron chi connectivity index (χ1n) is 9.26. The first-order chi connectivity index (χ1) is 9.55. The zero-order valence-electron chi connectivity index (χ0n) is 14.4. The van der Waals surface area contributed by atoms with Crippen LogP contribution in [0.5, 0.6) is 0 Å². The molecule has 0 aromatic carbocycles. The predicted molar refractivity (Wildman–Crippen MR) is 88.9 cm³/mol. The second kappa shape index (κ2) is 7.29. The van der Waals surface area contributed by atoms with Gasteiger partial charge in [-0.2, -0.15) is 0 Å². The van der Waals surface area contributed by atoms with Crippen molar-refractivity contribution in [3.05, 3.63) is 0 Å². The van der Waals surface area contributed by atoms with Gasteiger partial charge in [-0.15, -0.1) is 0 Å². The second-order valence-corrected chi connectivity index (χ2v) is 8.34. The van der Waals surface area contributed by atoms with Crippen LogP contribution in [0.1, 0.15) is 79.1 Å². The normalized spacial score (nSPS) is 37.8. The van der Waals surface area contributed by atoms with Crippen molar-refractivity contribution in [1.29, 1.82) is 0 Å². The molecule has 0 bridgehead atoms. The van der Waals surface area contributed by atoms with Crippen molar-refractivity contribution >= 4 is 0 Å². The quantitative estimate of drug-likeness (QED) is 0.724. The summed E-state index contributed by atoms with van der Waals surface area (Å²) in [7, 11) is 0. The van der Waals surface area contributed by atoms with Crippen LogP contribution in [-0.4, -0.2) is 13.1 Å². The molecule has 1 heteroatoms. The molecule has 0 aliphatic heterocycles. The molecule has 2 fully saturated rings. The highest BCUT2D eigenvalue weighted by atomic mass is 14.8.